The minimum atomic E-state index is -0.222. The molecule has 160 valence electrons. The van der Waals surface area contributed by atoms with Crippen LogP contribution in [0.3, 0.4) is 0 Å². The lowest BCUT2D eigenvalue weighted by Gasteiger charge is -2.11. The Morgan fingerprint density at radius 1 is 1.19 bits per heavy atom. The fourth-order valence-electron chi connectivity index (χ4n) is 3.81. The van der Waals surface area contributed by atoms with Crippen LogP contribution in [0.4, 0.5) is 10.2 Å². The summed E-state index contributed by atoms with van der Waals surface area (Å²) in [6.45, 7) is 8.41. The second-order valence-corrected chi connectivity index (χ2v) is 7.76. The number of rotatable bonds is 6. The summed E-state index contributed by atoms with van der Waals surface area (Å²) in [5.74, 6) is 1.11. The predicted molar refractivity (Wildman–Crippen MR) is 124 cm³/mol. The Bertz CT molecular complexity index is 1450. The van der Waals surface area contributed by atoms with Crippen LogP contribution in [0.2, 0.25) is 0 Å². The van der Waals surface area contributed by atoms with Gasteiger partial charge in [0.25, 0.3) is 0 Å². The molecule has 0 saturated carbocycles. The smallest absolute Gasteiger partial charge is 0.180 e. The molecule has 5 aromatic rings. The molecule has 0 saturated heterocycles. The molecule has 4 heterocycles. The Hall–Kier alpha value is -4.07. The number of aryl methyl sites for hydroxylation is 1. The van der Waals surface area contributed by atoms with E-state index in [-0.39, 0.29) is 5.82 Å². The average molecular weight is 427 g/mol. The van der Waals surface area contributed by atoms with Crippen molar-refractivity contribution in [3.8, 4) is 11.3 Å². The molecule has 1 aromatic carbocycles. The van der Waals surface area contributed by atoms with Gasteiger partial charge in [0, 0.05) is 47.8 Å². The largest absolute Gasteiger partial charge is 0.367 e. The van der Waals surface area contributed by atoms with Crippen LogP contribution in [-0.2, 0) is 6.42 Å². The van der Waals surface area contributed by atoms with Gasteiger partial charge in [-0.1, -0.05) is 12.6 Å². The van der Waals surface area contributed by atoms with Gasteiger partial charge in [-0.15, -0.1) is 0 Å². The first-order chi connectivity index (χ1) is 15.5. The van der Waals surface area contributed by atoms with Crippen molar-refractivity contribution in [1.82, 2.24) is 29.3 Å². The molecule has 0 atom stereocenters. The highest BCUT2D eigenvalue weighted by molar-refractivity contribution is 5.84. The molecule has 0 unspecified atom stereocenters. The van der Waals surface area contributed by atoms with Crippen molar-refractivity contribution in [3.05, 3.63) is 78.7 Å². The minimum Gasteiger partial charge on any atom is -0.367 e. The number of fused-ring (bicyclic) bond motifs is 2. The number of nitrogens with one attached hydrogen (secondary N) is 2. The molecule has 0 aliphatic carbocycles. The second-order valence-electron chi connectivity index (χ2n) is 7.76. The number of H-pyrrole nitrogens is 1. The van der Waals surface area contributed by atoms with E-state index < -0.39 is 0 Å². The molecule has 0 aliphatic heterocycles. The van der Waals surface area contributed by atoms with Crippen LogP contribution in [-0.4, -0.2) is 35.9 Å². The fourth-order valence-corrected chi connectivity index (χ4v) is 3.81. The topological polar surface area (TPSA) is 83.8 Å². The Balaban J connectivity index is 1.49. The molecular formula is C24H22FN7. The molecule has 8 heteroatoms. The van der Waals surface area contributed by atoms with E-state index in [1.165, 1.54) is 6.07 Å². The van der Waals surface area contributed by atoms with Crippen LogP contribution in [0.1, 0.15) is 24.0 Å². The van der Waals surface area contributed by atoms with Gasteiger partial charge in [0.2, 0.25) is 0 Å². The van der Waals surface area contributed by atoms with E-state index in [2.05, 4.69) is 31.8 Å². The number of nitrogens with zero attached hydrogens (tertiary/aromatic N) is 5. The maximum atomic E-state index is 14.3. The van der Waals surface area contributed by atoms with Crippen LogP contribution in [0.15, 0.2) is 55.8 Å². The number of aromatic nitrogens is 6. The number of benzene rings is 1. The molecule has 0 amide bonds. The first kappa shape index (κ1) is 19.9. The Kier molecular flexibility index (Phi) is 4.89. The van der Waals surface area contributed by atoms with Gasteiger partial charge in [0.05, 0.1) is 17.6 Å². The van der Waals surface area contributed by atoms with Gasteiger partial charge in [0.1, 0.15) is 11.6 Å². The summed E-state index contributed by atoms with van der Waals surface area (Å²) in [5, 5.41) is 4.01. The number of hydrogen-bond donors (Lipinski definition) is 2. The van der Waals surface area contributed by atoms with E-state index in [0.717, 1.165) is 33.6 Å². The van der Waals surface area contributed by atoms with Gasteiger partial charge in [-0.25, -0.2) is 24.3 Å². The number of aromatic amines is 1. The lowest BCUT2D eigenvalue weighted by atomic mass is 10.1. The van der Waals surface area contributed by atoms with E-state index in [4.69, 9.17) is 4.98 Å². The van der Waals surface area contributed by atoms with Crippen LogP contribution in [0, 0.1) is 12.7 Å². The number of anilines is 1. The molecular weight excluding hydrogens is 405 g/mol. The molecule has 0 aliphatic rings. The van der Waals surface area contributed by atoms with Crippen molar-refractivity contribution in [2.24, 2.45) is 0 Å². The fraction of sp³-hybridized carbons (Fsp3) is 0.167. The van der Waals surface area contributed by atoms with Gasteiger partial charge in [-0.3, -0.25) is 4.40 Å². The number of hydrogen-bond acceptors (Lipinski definition) is 5. The van der Waals surface area contributed by atoms with Crippen LogP contribution in [0.25, 0.3) is 33.4 Å². The van der Waals surface area contributed by atoms with Gasteiger partial charge in [0.15, 0.2) is 11.5 Å². The lowest BCUT2D eigenvalue weighted by Crippen LogP contribution is -2.09. The minimum absolute atomic E-state index is 0.222. The van der Waals surface area contributed by atoms with E-state index in [0.29, 0.717) is 35.6 Å². The SMILES string of the molecule is C=C(C)c1cnc2c(NCCc3c[nH]c4cccc(F)c34)nc(-c3cnc(C)nc3)cn12. The van der Waals surface area contributed by atoms with Crippen molar-refractivity contribution in [2.75, 3.05) is 11.9 Å². The first-order valence-corrected chi connectivity index (χ1v) is 10.3. The van der Waals surface area contributed by atoms with Crippen LogP contribution in [0.5, 0.6) is 0 Å². The summed E-state index contributed by atoms with van der Waals surface area (Å²) in [6, 6.07) is 5.06. The van der Waals surface area contributed by atoms with E-state index in [1.807, 2.05) is 36.7 Å². The van der Waals surface area contributed by atoms with Crippen molar-refractivity contribution in [1.29, 1.82) is 0 Å². The molecule has 0 bridgehead atoms. The molecule has 32 heavy (non-hydrogen) atoms. The monoisotopic (exact) mass is 427 g/mol. The molecule has 4 aromatic heterocycles. The number of halogens is 1. The van der Waals surface area contributed by atoms with Crippen LogP contribution < -0.4 is 5.32 Å². The highest BCUT2D eigenvalue weighted by atomic mass is 19.1. The quantitative estimate of drug-likeness (QED) is 0.407. The summed E-state index contributed by atoms with van der Waals surface area (Å²) in [6.07, 6.45) is 9.70. The highest BCUT2D eigenvalue weighted by Gasteiger charge is 2.14. The van der Waals surface area contributed by atoms with E-state index in [1.54, 1.807) is 24.7 Å². The summed E-state index contributed by atoms with van der Waals surface area (Å²) >= 11 is 0. The van der Waals surface area contributed by atoms with Gasteiger partial charge in [-0.2, -0.15) is 0 Å². The zero-order valence-corrected chi connectivity index (χ0v) is 17.9. The van der Waals surface area contributed by atoms with Crippen LogP contribution >= 0.6 is 0 Å². The third kappa shape index (κ3) is 3.49. The molecule has 0 fully saturated rings. The maximum Gasteiger partial charge on any atom is 0.180 e. The second kappa shape index (κ2) is 7.88. The summed E-state index contributed by atoms with van der Waals surface area (Å²) in [7, 11) is 0. The third-order valence-electron chi connectivity index (χ3n) is 5.43. The maximum absolute atomic E-state index is 14.3. The van der Waals surface area contributed by atoms with E-state index in [9.17, 15) is 4.39 Å². The third-order valence-corrected chi connectivity index (χ3v) is 5.43. The highest BCUT2D eigenvalue weighted by Crippen LogP contribution is 2.26. The lowest BCUT2D eigenvalue weighted by molar-refractivity contribution is 0.639. The Morgan fingerprint density at radius 2 is 2.00 bits per heavy atom. The van der Waals surface area contributed by atoms with Crippen molar-refractivity contribution >= 4 is 27.9 Å². The van der Waals surface area contributed by atoms with E-state index >= 15 is 0 Å². The normalized spacial score (nSPS) is 11.3. The van der Waals surface area contributed by atoms with Crippen molar-refractivity contribution in [3.63, 3.8) is 0 Å². The predicted octanol–water partition coefficient (Wildman–Crippen LogP) is 4.80. The molecule has 7 nitrogen and oxygen atoms in total. The first-order valence-electron chi connectivity index (χ1n) is 10.3. The van der Waals surface area contributed by atoms with Crippen molar-refractivity contribution < 1.29 is 4.39 Å². The number of imidazole rings is 1. The van der Waals surface area contributed by atoms with Gasteiger partial charge in [-0.05, 0) is 43.5 Å². The van der Waals surface area contributed by atoms with Gasteiger partial charge < -0.3 is 10.3 Å². The summed E-state index contributed by atoms with van der Waals surface area (Å²) in [5.41, 5.74) is 5.73. The molecule has 0 spiro atoms. The Morgan fingerprint density at radius 3 is 2.78 bits per heavy atom. The molecule has 2 N–H and O–H groups in total. The molecule has 0 radical (unpaired) electrons. The Labute approximate surface area is 184 Å². The van der Waals surface area contributed by atoms with Gasteiger partial charge >= 0.3 is 0 Å². The standard InChI is InChI=1S/C24H22FN7/c1-14(2)21-12-30-24-23(31-20(13-32(21)24)17-10-27-15(3)28-11-17)26-8-7-16-9-29-19-6-4-5-18(25)22(16)19/h4-6,9-13,29H,1,7-8H2,2-3H3,(H,26,31). The molecule has 5 rings (SSSR count). The zero-order chi connectivity index (χ0) is 22.2. The number of allylic oxidation sites excluding steroid dienone is 1. The summed E-state index contributed by atoms with van der Waals surface area (Å²) < 4.78 is 16.3. The van der Waals surface area contributed by atoms with Crippen molar-refractivity contribution in [2.45, 2.75) is 20.3 Å². The average Bonchev–Trinajstić information content (AvgIpc) is 3.39. The summed E-state index contributed by atoms with van der Waals surface area (Å²) in [4.78, 5) is 21.1. The zero-order valence-electron chi connectivity index (χ0n) is 17.9.